The van der Waals surface area contributed by atoms with Crippen LogP contribution in [0, 0.1) is 0 Å². The van der Waals surface area contributed by atoms with Gasteiger partial charge in [-0.15, -0.1) is 23.7 Å². The Balaban J connectivity index is 0.000000853. The monoisotopic (exact) mass is 241 g/mol. The molecule has 0 saturated carbocycles. The van der Waals surface area contributed by atoms with E-state index in [4.69, 9.17) is 0 Å². The van der Waals surface area contributed by atoms with Crippen molar-refractivity contribution in [2.24, 2.45) is 0 Å². The predicted molar refractivity (Wildman–Crippen MR) is 65.7 cm³/mol. The zero-order chi connectivity index (χ0) is 9.54. The molecule has 1 aliphatic rings. The molecule has 1 unspecified atom stereocenters. The average Bonchev–Trinajstić information content (AvgIpc) is 2.59. The zero-order valence-corrected chi connectivity index (χ0v) is 9.70. The van der Waals surface area contributed by atoms with Gasteiger partial charge in [0.05, 0.1) is 0 Å². The van der Waals surface area contributed by atoms with E-state index in [1.807, 2.05) is 6.07 Å². The summed E-state index contributed by atoms with van der Waals surface area (Å²) in [4.78, 5) is 1.14. The van der Waals surface area contributed by atoms with Crippen LogP contribution < -0.4 is 5.32 Å². The molecule has 0 fully saturated rings. The second-order valence-electron chi connectivity index (χ2n) is 3.59. The number of hydrogen-bond acceptors (Lipinski definition) is 3. The van der Waals surface area contributed by atoms with Crippen LogP contribution in [0.1, 0.15) is 16.5 Å². The third kappa shape index (κ3) is 1.66. The fourth-order valence-electron chi connectivity index (χ4n) is 2.00. The standard InChI is InChI=1S/C11H11NOS.ClH/c13-9-6-12-5-8-7-3-1-2-4-10(7)14-11(8)9;/h1-4,9,12-13H,5-6H2;1H. The van der Waals surface area contributed by atoms with Gasteiger partial charge in [-0.25, -0.2) is 0 Å². The first-order valence-electron chi connectivity index (χ1n) is 4.75. The van der Waals surface area contributed by atoms with Gasteiger partial charge in [-0.1, -0.05) is 18.2 Å². The lowest BCUT2D eigenvalue weighted by atomic mass is 10.1. The molecule has 1 aromatic heterocycles. The Kier molecular flexibility index (Phi) is 2.98. The summed E-state index contributed by atoms with van der Waals surface area (Å²) in [6, 6.07) is 8.34. The van der Waals surface area contributed by atoms with Crippen molar-refractivity contribution in [2.45, 2.75) is 12.6 Å². The minimum Gasteiger partial charge on any atom is -0.386 e. The third-order valence-corrected chi connectivity index (χ3v) is 3.99. The van der Waals surface area contributed by atoms with Gasteiger partial charge < -0.3 is 10.4 Å². The van der Waals surface area contributed by atoms with Crippen LogP contribution in [-0.2, 0) is 6.54 Å². The second-order valence-corrected chi connectivity index (χ2v) is 4.67. The minimum atomic E-state index is -0.323. The van der Waals surface area contributed by atoms with Crippen LogP contribution in [0.3, 0.4) is 0 Å². The molecular weight excluding hydrogens is 230 g/mol. The number of rotatable bonds is 0. The van der Waals surface area contributed by atoms with Gasteiger partial charge >= 0.3 is 0 Å². The summed E-state index contributed by atoms with van der Waals surface area (Å²) in [5.74, 6) is 0. The highest BCUT2D eigenvalue weighted by Gasteiger charge is 2.21. The molecule has 80 valence electrons. The first kappa shape index (κ1) is 10.9. The molecule has 0 saturated heterocycles. The molecule has 0 bridgehead atoms. The van der Waals surface area contributed by atoms with E-state index in [0.29, 0.717) is 6.54 Å². The van der Waals surface area contributed by atoms with Gasteiger partial charge in [-0.3, -0.25) is 0 Å². The molecule has 2 heterocycles. The van der Waals surface area contributed by atoms with Crippen LogP contribution in [0.4, 0.5) is 0 Å². The number of thiophene rings is 1. The first-order valence-corrected chi connectivity index (χ1v) is 5.57. The van der Waals surface area contributed by atoms with Crippen molar-refractivity contribution in [2.75, 3.05) is 6.54 Å². The molecule has 15 heavy (non-hydrogen) atoms. The Bertz CT molecular complexity index is 482. The number of benzene rings is 1. The Morgan fingerprint density at radius 2 is 2.13 bits per heavy atom. The molecule has 1 aromatic carbocycles. The molecule has 0 spiro atoms. The highest BCUT2D eigenvalue weighted by Crippen LogP contribution is 2.36. The quantitative estimate of drug-likeness (QED) is 0.743. The molecule has 2 N–H and O–H groups in total. The van der Waals surface area contributed by atoms with E-state index in [0.717, 1.165) is 11.4 Å². The summed E-state index contributed by atoms with van der Waals surface area (Å²) in [6.45, 7) is 1.57. The topological polar surface area (TPSA) is 32.3 Å². The van der Waals surface area contributed by atoms with E-state index in [1.54, 1.807) is 11.3 Å². The summed E-state index contributed by atoms with van der Waals surface area (Å²) in [7, 11) is 0. The summed E-state index contributed by atoms with van der Waals surface area (Å²) < 4.78 is 1.28. The van der Waals surface area contributed by atoms with Crippen LogP contribution >= 0.6 is 23.7 Å². The van der Waals surface area contributed by atoms with E-state index in [1.165, 1.54) is 15.6 Å². The molecule has 0 aliphatic carbocycles. The van der Waals surface area contributed by atoms with Gasteiger partial charge in [0.2, 0.25) is 0 Å². The maximum absolute atomic E-state index is 9.81. The number of fused-ring (bicyclic) bond motifs is 3. The van der Waals surface area contributed by atoms with Crippen LogP contribution in [-0.4, -0.2) is 11.7 Å². The van der Waals surface area contributed by atoms with Gasteiger partial charge in [-0.05, 0) is 17.0 Å². The largest absolute Gasteiger partial charge is 0.386 e. The SMILES string of the molecule is Cl.OC1CNCc2c1sc1ccccc21. The molecule has 4 heteroatoms. The fraction of sp³-hybridized carbons (Fsp3) is 0.273. The maximum Gasteiger partial charge on any atom is 0.101 e. The van der Waals surface area contributed by atoms with E-state index in [-0.39, 0.29) is 18.5 Å². The highest BCUT2D eigenvalue weighted by atomic mass is 35.5. The highest BCUT2D eigenvalue weighted by molar-refractivity contribution is 7.19. The fourth-order valence-corrected chi connectivity index (χ4v) is 3.21. The van der Waals surface area contributed by atoms with Crippen molar-refractivity contribution in [1.82, 2.24) is 5.32 Å². The molecule has 2 nitrogen and oxygen atoms in total. The molecule has 1 atom stereocenters. The number of β-amino-alcohol motifs (C(OH)–C–C–N with tert-alkyl or cyclic N) is 1. The molecule has 1 aliphatic heterocycles. The van der Waals surface area contributed by atoms with Gasteiger partial charge in [0.15, 0.2) is 0 Å². The van der Waals surface area contributed by atoms with Crippen LogP contribution in [0.2, 0.25) is 0 Å². The Hall–Kier alpha value is -0.610. The number of halogens is 1. The number of aliphatic hydroxyl groups excluding tert-OH is 1. The average molecular weight is 242 g/mol. The second kappa shape index (κ2) is 4.10. The first-order chi connectivity index (χ1) is 6.86. The normalized spacial score (nSPS) is 19.7. The molecule has 3 rings (SSSR count). The molecule has 0 radical (unpaired) electrons. The van der Waals surface area contributed by atoms with Crippen molar-refractivity contribution in [3.63, 3.8) is 0 Å². The Morgan fingerprint density at radius 3 is 3.00 bits per heavy atom. The van der Waals surface area contributed by atoms with Crippen LogP contribution in [0.25, 0.3) is 10.1 Å². The van der Waals surface area contributed by atoms with Crippen molar-refractivity contribution < 1.29 is 5.11 Å². The van der Waals surface area contributed by atoms with Crippen LogP contribution in [0.15, 0.2) is 24.3 Å². The minimum absolute atomic E-state index is 0. The molecule has 2 aromatic rings. The van der Waals surface area contributed by atoms with Gasteiger partial charge in [0, 0.05) is 22.7 Å². The van der Waals surface area contributed by atoms with Crippen molar-refractivity contribution >= 4 is 33.8 Å². The van der Waals surface area contributed by atoms with Gasteiger partial charge in [-0.2, -0.15) is 0 Å². The van der Waals surface area contributed by atoms with Crippen LogP contribution in [0.5, 0.6) is 0 Å². The van der Waals surface area contributed by atoms with Gasteiger partial charge in [0.1, 0.15) is 6.10 Å². The van der Waals surface area contributed by atoms with Crippen molar-refractivity contribution in [3.8, 4) is 0 Å². The lowest BCUT2D eigenvalue weighted by Gasteiger charge is -2.18. The lowest BCUT2D eigenvalue weighted by molar-refractivity contribution is 0.169. The Labute approximate surface area is 98.3 Å². The predicted octanol–water partition coefficient (Wildman–Crippen LogP) is 2.46. The lowest BCUT2D eigenvalue weighted by Crippen LogP contribution is -2.26. The number of hydrogen-bond donors (Lipinski definition) is 2. The summed E-state index contributed by atoms with van der Waals surface area (Å²) >= 11 is 1.72. The van der Waals surface area contributed by atoms with Crippen molar-refractivity contribution in [1.29, 1.82) is 0 Å². The summed E-state index contributed by atoms with van der Waals surface area (Å²) in [5, 5.41) is 14.3. The summed E-state index contributed by atoms with van der Waals surface area (Å²) in [6.07, 6.45) is -0.323. The van der Waals surface area contributed by atoms with E-state index in [2.05, 4.69) is 23.5 Å². The van der Waals surface area contributed by atoms with Gasteiger partial charge in [0.25, 0.3) is 0 Å². The van der Waals surface area contributed by atoms with E-state index in [9.17, 15) is 5.11 Å². The number of nitrogens with one attached hydrogen (secondary N) is 1. The molecule has 0 amide bonds. The molecular formula is C11H12ClNOS. The third-order valence-electron chi connectivity index (χ3n) is 2.67. The van der Waals surface area contributed by atoms with E-state index < -0.39 is 0 Å². The van der Waals surface area contributed by atoms with E-state index >= 15 is 0 Å². The Morgan fingerprint density at radius 1 is 1.33 bits per heavy atom. The number of aliphatic hydroxyl groups is 1. The summed E-state index contributed by atoms with van der Waals surface area (Å²) in [5.41, 5.74) is 1.28. The van der Waals surface area contributed by atoms with Crippen molar-refractivity contribution in [3.05, 3.63) is 34.7 Å². The smallest absolute Gasteiger partial charge is 0.101 e. The maximum atomic E-state index is 9.81. The zero-order valence-electron chi connectivity index (χ0n) is 8.06.